The summed E-state index contributed by atoms with van der Waals surface area (Å²) < 4.78 is 12.9. The zero-order valence-electron chi connectivity index (χ0n) is 8.26. The van der Waals surface area contributed by atoms with Crippen LogP contribution in [0, 0.1) is 5.82 Å². The van der Waals surface area contributed by atoms with E-state index in [0.29, 0.717) is 5.56 Å². The third kappa shape index (κ3) is 2.18. The summed E-state index contributed by atoms with van der Waals surface area (Å²) in [5, 5.41) is 13.2. The highest BCUT2D eigenvalue weighted by atomic mass is 32.1. The second-order valence-corrected chi connectivity index (χ2v) is 4.11. The van der Waals surface area contributed by atoms with Gasteiger partial charge in [-0.1, -0.05) is 12.1 Å². The molecule has 1 unspecified atom stereocenters. The molecule has 0 amide bonds. The average molecular weight is 236 g/mol. The molecular formula is C12H9FO2S. The van der Waals surface area contributed by atoms with Crippen molar-refractivity contribution in [3.8, 4) is 0 Å². The van der Waals surface area contributed by atoms with Crippen molar-refractivity contribution in [3.05, 3.63) is 58.0 Å². The van der Waals surface area contributed by atoms with Crippen molar-refractivity contribution in [2.45, 2.75) is 6.10 Å². The summed E-state index contributed by atoms with van der Waals surface area (Å²) in [6, 6.07) is 6.99. The molecule has 1 heterocycles. The van der Waals surface area contributed by atoms with Gasteiger partial charge in [-0.25, -0.2) is 4.39 Å². The van der Waals surface area contributed by atoms with Gasteiger partial charge in [0.1, 0.15) is 11.9 Å². The first-order valence-electron chi connectivity index (χ1n) is 4.68. The zero-order valence-corrected chi connectivity index (χ0v) is 9.08. The molecule has 1 aromatic carbocycles. The van der Waals surface area contributed by atoms with E-state index in [1.165, 1.54) is 29.5 Å². The number of aliphatic hydroxyl groups excluding tert-OH is 1. The minimum atomic E-state index is -1.21. The zero-order chi connectivity index (χ0) is 11.5. The van der Waals surface area contributed by atoms with Crippen LogP contribution in [0.5, 0.6) is 0 Å². The molecular weight excluding hydrogens is 227 g/mol. The maximum absolute atomic E-state index is 12.9. The molecule has 0 aliphatic rings. The normalized spacial score (nSPS) is 12.4. The van der Waals surface area contributed by atoms with Crippen LogP contribution in [0.2, 0.25) is 0 Å². The molecule has 82 valence electrons. The van der Waals surface area contributed by atoms with Gasteiger partial charge in [0, 0.05) is 5.56 Å². The monoisotopic (exact) mass is 236 g/mol. The van der Waals surface area contributed by atoms with Crippen molar-refractivity contribution in [1.82, 2.24) is 0 Å². The first-order chi connectivity index (χ1) is 7.68. The Morgan fingerprint density at radius 1 is 1.38 bits per heavy atom. The summed E-state index contributed by atoms with van der Waals surface area (Å²) in [5.74, 6) is -0.971. The maximum atomic E-state index is 12.9. The van der Waals surface area contributed by atoms with Gasteiger partial charge in [0.05, 0.1) is 0 Å². The van der Waals surface area contributed by atoms with Gasteiger partial charge < -0.3 is 5.11 Å². The van der Waals surface area contributed by atoms with Crippen molar-refractivity contribution >= 4 is 17.1 Å². The fourth-order valence-corrected chi connectivity index (χ4v) is 2.06. The lowest BCUT2D eigenvalue weighted by molar-refractivity contribution is 0.0748. The molecule has 1 aromatic heterocycles. The Morgan fingerprint density at radius 2 is 2.19 bits per heavy atom. The largest absolute Gasteiger partial charge is 0.380 e. The van der Waals surface area contributed by atoms with E-state index in [1.807, 2.05) is 0 Å². The van der Waals surface area contributed by atoms with E-state index in [9.17, 15) is 14.3 Å². The Morgan fingerprint density at radius 3 is 2.81 bits per heavy atom. The molecule has 0 spiro atoms. The Bertz CT molecular complexity index is 493. The smallest absolute Gasteiger partial charge is 0.195 e. The van der Waals surface area contributed by atoms with E-state index < -0.39 is 17.7 Å². The number of hydrogen-bond donors (Lipinski definition) is 1. The number of ketones is 1. The molecule has 0 bridgehead atoms. The number of carbonyl (C=O) groups excluding carboxylic acids is 1. The predicted molar refractivity (Wildman–Crippen MR) is 60.0 cm³/mol. The van der Waals surface area contributed by atoms with Crippen LogP contribution in [0.4, 0.5) is 4.39 Å². The SMILES string of the molecule is O=C(c1cccc(F)c1)C(O)c1ccsc1. The van der Waals surface area contributed by atoms with E-state index in [4.69, 9.17) is 0 Å². The van der Waals surface area contributed by atoms with Gasteiger partial charge in [0.25, 0.3) is 0 Å². The van der Waals surface area contributed by atoms with E-state index >= 15 is 0 Å². The molecule has 16 heavy (non-hydrogen) atoms. The molecule has 2 aromatic rings. The van der Waals surface area contributed by atoms with Crippen LogP contribution in [0.1, 0.15) is 22.0 Å². The highest BCUT2D eigenvalue weighted by Crippen LogP contribution is 2.20. The van der Waals surface area contributed by atoms with Crippen molar-refractivity contribution in [3.63, 3.8) is 0 Å². The van der Waals surface area contributed by atoms with Crippen molar-refractivity contribution in [1.29, 1.82) is 0 Å². The number of rotatable bonds is 3. The third-order valence-electron chi connectivity index (χ3n) is 2.22. The number of halogens is 1. The molecule has 0 fully saturated rings. The number of benzene rings is 1. The van der Waals surface area contributed by atoms with E-state index in [-0.39, 0.29) is 5.56 Å². The average Bonchev–Trinajstić information content (AvgIpc) is 2.80. The maximum Gasteiger partial charge on any atom is 0.195 e. The van der Waals surface area contributed by atoms with Gasteiger partial charge in [0.15, 0.2) is 5.78 Å². The minimum absolute atomic E-state index is 0.179. The standard InChI is InChI=1S/C12H9FO2S/c13-10-3-1-2-8(6-10)11(14)12(15)9-4-5-16-7-9/h1-7,12,15H. The Labute approximate surface area is 96.0 Å². The summed E-state index contributed by atoms with van der Waals surface area (Å²) in [6.07, 6.45) is -1.21. The van der Waals surface area contributed by atoms with Gasteiger partial charge in [-0.15, -0.1) is 0 Å². The molecule has 0 aliphatic heterocycles. The van der Waals surface area contributed by atoms with E-state index in [0.717, 1.165) is 6.07 Å². The highest BCUT2D eigenvalue weighted by molar-refractivity contribution is 7.08. The Kier molecular flexibility index (Phi) is 3.12. The molecule has 2 nitrogen and oxygen atoms in total. The van der Waals surface area contributed by atoms with Crippen molar-refractivity contribution in [2.24, 2.45) is 0 Å². The second-order valence-electron chi connectivity index (χ2n) is 3.33. The van der Waals surface area contributed by atoms with Gasteiger partial charge in [0.2, 0.25) is 0 Å². The summed E-state index contributed by atoms with van der Waals surface area (Å²) in [7, 11) is 0. The van der Waals surface area contributed by atoms with Crippen LogP contribution < -0.4 is 0 Å². The summed E-state index contributed by atoms with van der Waals surface area (Å²) in [6.45, 7) is 0. The summed E-state index contributed by atoms with van der Waals surface area (Å²) in [4.78, 5) is 11.8. The van der Waals surface area contributed by atoms with Crippen LogP contribution in [0.3, 0.4) is 0 Å². The van der Waals surface area contributed by atoms with Crippen molar-refractivity contribution in [2.75, 3.05) is 0 Å². The summed E-state index contributed by atoms with van der Waals surface area (Å²) >= 11 is 1.40. The third-order valence-corrected chi connectivity index (χ3v) is 2.92. The van der Waals surface area contributed by atoms with Crippen LogP contribution >= 0.6 is 11.3 Å². The van der Waals surface area contributed by atoms with E-state index in [2.05, 4.69) is 0 Å². The Balaban J connectivity index is 2.26. The minimum Gasteiger partial charge on any atom is -0.380 e. The number of thiophene rings is 1. The van der Waals surface area contributed by atoms with Crippen LogP contribution in [-0.4, -0.2) is 10.9 Å². The quantitative estimate of drug-likeness (QED) is 0.832. The Hall–Kier alpha value is -1.52. The lowest BCUT2D eigenvalue weighted by Crippen LogP contribution is -2.11. The van der Waals surface area contributed by atoms with Gasteiger partial charge in [-0.2, -0.15) is 11.3 Å². The molecule has 0 aliphatic carbocycles. The highest BCUT2D eigenvalue weighted by Gasteiger charge is 2.19. The molecule has 0 saturated heterocycles. The lowest BCUT2D eigenvalue weighted by Gasteiger charge is -2.07. The van der Waals surface area contributed by atoms with Crippen LogP contribution in [0.25, 0.3) is 0 Å². The van der Waals surface area contributed by atoms with E-state index in [1.54, 1.807) is 16.8 Å². The number of Topliss-reactive ketones (excluding diaryl/α,β-unsaturated/α-hetero) is 1. The predicted octanol–water partition coefficient (Wildman–Crippen LogP) is 2.80. The number of aliphatic hydroxyl groups is 1. The lowest BCUT2D eigenvalue weighted by atomic mass is 10.0. The number of hydrogen-bond acceptors (Lipinski definition) is 3. The second kappa shape index (κ2) is 4.55. The first kappa shape index (κ1) is 11.0. The molecule has 4 heteroatoms. The summed E-state index contributed by atoms with van der Waals surface area (Å²) in [5.41, 5.74) is 0.720. The fraction of sp³-hybridized carbons (Fsp3) is 0.0833. The molecule has 2 rings (SSSR count). The first-order valence-corrected chi connectivity index (χ1v) is 5.62. The number of carbonyl (C=O) groups is 1. The van der Waals surface area contributed by atoms with Crippen LogP contribution in [0.15, 0.2) is 41.1 Å². The fourth-order valence-electron chi connectivity index (χ4n) is 1.38. The van der Waals surface area contributed by atoms with Gasteiger partial charge in [-0.3, -0.25) is 4.79 Å². The molecule has 1 atom stereocenters. The van der Waals surface area contributed by atoms with Crippen molar-refractivity contribution < 1.29 is 14.3 Å². The molecule has 0 saturated carbocycles. The molecule has 0 radical (unpaired) electrons. The molecule has 1 N–H and O–H groups in total. The van der Waals surface area contributed by atoms with Gasteiger partial charge in [-0.05, 0) is 34.5 Å². The van der Waals surface area contributed by atoms with Gasteiger partial charge >= 0.3 is 0 Å². The topological polar surface area (TPSA) is 37.3 Å². The van der Waals surface area contributed by atoms with Crippen LogP contribution in [-0.2, 0) is 0 Å².